The van der Waals surface area contributed by atoms with Crippen molar-refractivity contribution >= 4 is 23.5 Å². The van der Waals surface area contributed by atoms with Gasteiger partial charge in [0.25, 0.3) is 0 Å². The number of anilines is 1. The number of carbonyl (C=O) groups is 1. The summed E-state index contributed by atoms with van der Waals surface area (Å²) < 4.78 is 20.6. The van der Waals surface area contributed by atoms with Crippen molar-refractivity contribution in [1.29, 1.82) is 0 Å². The van der Waals surface area contributed by atoms with Gasteiger partial charge in [0.15, 0.2) is 11.4 Å². The van der Waals surface area contributed by atoms with E-state index in [9.17, 15) is 9.90 Å². The summed E-state index contributed by atoms with van der Waals surface area (Å²) in [6.45, 7) is 0.347. The third-order valence-electron chi connectivity index (χ3n) is 7.48. The molecule has 11 heteroatoms. The number of hydrogen-bond acceptors (Lipinski definition) is 8. The van der Waals surface area contributed by atoms with Gasteiger partial charge in [0.05, 0.1) is 18.8 Å². The van der Waals surface area contributed by atoms with Crippen molar-refractivity contribution in [3.63, 3.8) is 0 Å². The molecule has 0 spiro atoms. The minimum Gasteiger partial charge on any atom is -0.457 e. The monoisotopic (exact) mass is 637 g/mol. The summed E-state index contributed by atoms with van der Waals surface area (Å²) in [6, 6.07) is 32.1. The van der Waals surface area contributed by atoms with Crippen LogP contribution < -0.4 is 15.4 Å². The lowest BCUT2D eigenvalue weighted by Gasteiger charge is -2.36. The lowest BCUT2D eigenvalue weighted by atomic mass is 10.0. The number of aliphatic hydroxyl groups is 1. The van der Waals surface area contributed by atoms with Gasteiger partial charge in [-0.05, 0) is 53.1 Å². The zero-order valence-electron chi connectivity index (χ0n) is 25.3. The summed E-state index contributed by atoms with van der Waals surface area (Å²) in [4.78, 5) is 12.6. The van der Waals surface area contributed by atoms with Crippen LogP contribution in [-0.2, 0) is 29.7 Å². The predicted octanol–water partition coefficient (Wildman–Crippen LogP) is 6.76. The Labute approximate surface area is 271 Å². The molecule has 2 heterocycles. The number of aliphatic hydroxyl groups excluding tert-OH is 1. The van der Waals surface area contributed by atoms with E-state index in [1.165, 1.54) is 0 Å². The average molecular weight is 638 g/mol. The maximum atomic E-state index is 12.6. The predicted molar refractivity (Wildman–Crippen MR) is 175 cm³/mol. The quantitative estimate of drug-likeness (QED) is 0.136. The largest absolute Gasteiger partial charge is 0.457 e. The van der Waals surface area contributed by atoms with E-state index in [2.05, 4.69) is 20.8 Å². The summed E-state index contributed by atoms with van der Waals surface area (Å²) >= 11 is 1.60. The first-order chi connectivity index (χ1) is 22.5. The van der Waals surface area contributed by atoms with Crippen molar-refractivity contribution in [2.24, 2.45) is 7.05 Å². The van der Waals surface area contributed by atoms with Crippen LogP contribution >= 0.6 is 11.8 Å². The van der Waals surface area contributed by atoms with Crippen molar-refractivity contribution < 1.29 is 24.1 Å². The Balaban J connectivity index is 1.05. The van der Waals surface area contributed by atoms with Gasteiger partial charge in [0, 0.05) is 37.0 Å². The molecule has 6 rings (SSSR count). The van der Waals surface area contributed by atoms with E-state index in [0.717, 1.165) is 33.2 Å². The summed E-state index contributed by atoms with van der Waals surface area (Å²) in [5, 5.41) is 24.2. The number of amides is 2. The highest BCUT2D eigenvalue weighted by Crippen LogP contribution is 2.39. The summed E-state index contributed by atoms with van der Waals surface area (Å²) in [5.41, 5.74) is 4.37. The number of aryl methyl sites for hydroxylation is 1. The molecule has 10 nitrogen and oxygen atoms in total. The van der Waals surface area contributed by atoms with Gasteiger partial charge in [0.1, 0.15) is 17.8 Å². The zero-order chi connectivity index (χ0) is 31.7. The molecule has 3 N–H and O–H groups in total. The molecule has 1 aliphatic rings. The van der Waals surface area contributed by atoms with Gasteiger partial charge in [0.2, 0.25) is 0 Å². The third-order valence-corrected chi connectivity index (χ3v) is 8.65. The van der Waals surface area contributed by atoms with Crippen LogP contribution in [0.3, 0.4) is 0 Å². The molecular formula is C35H35N5O5S. The van der Waals surface area contributed by atoms with Crippen molar-refractivity contribution in [2.45, 2.75) is 43.2 Å². The van der Waals surface area contributed by atoms with E-state index < -0.39 is 6.29 Å². The molecule has 0 bridgehead atoms. The topological polar surface area (TPSA) is 120 Å². The van der Waals surface area contributed by atoms with E-state index in [-0.39, 0.29) is 24.8 Å². The molecule has 1 saturated heterocycles. The third kappa shape index (κ3) is 8.32. The number of nitrogens with one attached hydrogen (secondary N) is 2. The Hall–Kier alpha value is -4.68. The van der Waals surface area contributed by atoms with Gasteiger partial charge in [-0.25, -0.2) is 4.79 Å². The number of hydrogen-bond donors (Lipinski definition) is 3. The number of urea groups is 1. The maximum Gasteiger partial charge on any atom is 0.319 e. The molecule has 1 fully saturated rings. The van der Waals surface area contributed by atoms with E-state index in [4.69, 9.17) is 14.2 Å². The first-order valence-electron chi connectivity index (χ1n) is 15.0. The second-order valence-electron chi connectivity index (χ2n) is 10.9. The Kier molecular flexibility index (Phi) is 10.3. The van der Waals surface area contributed by atoms with Gasteiger partial charge in [-0.2, -0.15) is 0 Å². The number of thioether (sulfide) groups is 1. The molecule has 4 aromatic carbocycles. The lowest BCUT2D eigenvalue weighted by molar-refractivity contribution is -0.245. The molecule has 0 aliphatic carbocycles. The minimum absolute atomic E-state index is 0.00488. The van der Waals surface area contributed by atoms with Crippen LogP contribution in [0.25, 0.3) is 0 Å². The standard InChI is InChI=1S/C35H35N5O5S/c1-40-23-37-39-35(40)46-22-31-19-32(26-11-9-25(21-41)10-12-26)45-33(44-31)27-13-7-24(8-14-27)20-36-34(42)38-28-15-17-30(18-16-28)43-29-5-3-2-4-6-29/h2-18,23,31-33,41H,19-22H2,1H3,(H2,36,38,42). The van der Waals surface area contributed by atoms with Crippen LogP contribution in [0.15, 0.2) is 115 Å². The molecule has 1 aromatic heterocycles. The number of ether oxygens (including phenoxy) is 3. The summed E-state index contributed by atoms with van der Waals surface area (Å²) in [5.74, 6) is 2.13. The van der Waals surface area contributed by atoms with Crippen molar-refractivity contribution in [3.05, 3.63) is 132 Å². The van der Waals surface area contributed by atoms with Gasteiger partial charge in [-0.15, -0.1) is 10.2 Å². The smallest absolute Gasteiger partial charge is 0.319 e. The van der Waals surface area contributed by atoms with E-state index in [1.807, 2.05) is 103 Å². The molecule has 3 atom stereocenters. The van der Waals surface area contributed by atoms with Crippen LogP contribution in [0.4, 0.5) is 10.5 Å². The fourth-order valence-corrected chi connectivity index (χ4v) is 5.88. The maximum absolute atomic E-state index is 12.6. The van der Waals surface area contributed by atoms with E-state index >= 15 is 0 Å². The number of benzene rings is 4. The second kappa shape index (κ2) is 15.1. The number of rotatable bonds is 11. The van der Waals surface area contributed by atoms with Crippen LogP contribution in [0.1, 0.15) is 41.1 Å². The van der Waals surface area contributed by atoms with Gasteiger partial charge >= 0.3 is 6.03 Å². The Morgan fingerprint density at radius 2 is 1.61 bits per heavy atom. The van der Waals surface area contributed by atoms with Crippen LogP contribution in [0, 0.1) is 0 Å². The average Bonchev–Trinajstić information content (AvgIpc) is 3.52. The first-order valence-corrected chi connectivity index (χ1v) is 15.9. The van der Waals surface area contributed by atoms with E-state index in [0.29, 0.717) is 30.2 Å². The van der Waals surface area contributed by atoms with Crippen molar-refractivity contribution in [3.8, 4) is 11.5 Å². The SMILES string of the molecule is Cn1cnnc1SCC1CC(c2ccc(CO)cc2)OC(c2ccc(CNC(=O)Nc3ccc(Oc4ccccc4)cc3)cc2)O1. The van der Waals surface area contributed by atoms with Crippen molar-refractivity contribution in [2.75, 3.05) is 11.1 Å². The normalized spacial score (nSPS) is 17.7. The van der Waals surface area contributed by atoms with Crippen molar-refractivity contribution in [1.82, 2.24) is 20.1 Å². The molecule has 0 radical (unpaired) electrons. The zero-order valence-corrected chi connectivity index (χ0v) is 26.1. The first kappa shape index (κ1) is 31.3. The van der Waals surface area contributed by atoms with Crippen LogP contribution in [-0.4, -0.2) is 37.8 Å². The Morgan fingerprint density at radius 1 is 0.913 bits per heavy atom. The van der Waals surface area contributed by atoms with Gasteiger partial charge in [-0.3, -0.25) is 0 Å². The van der Waals surface area contributed by atoms with E-state index in [1.54, 1.807) is 30.2 Å². The number of para-hydroxylation sites is 1. The molecule has 236 valence electrons. The fraction of sp³-hybridized carbons (Fsp3) is 0.229. The van der Waals surface area contributed by atoms with Gasteiger partial charge in [-0.1, -0.05) is 78.5 Å². The lowest BCUT2D eigenvalue weighted by Crippen LogP contribution is -2.31. The summed E-state index contributed by atoms with van der Waals surface area (Å²) in [6.07, 6.45) is 1.52. The number of carbonyl (C=O) groups excluding carboxylic acids is 1. The van der Waals surface area contributed by atoms with Crippen LogP contribution in [0.5, 0.6) is 11.5 Å². The second-order valence-corrected chi connectivity index (χ2v) is 11.9. The van der Waals surface area contributed by atoms with Crippen LogP contribution in [0.2, 0.25) is 0 Å². The molecule has 46 heavy (non-hydrogen) atoms. The molecular weight excluding hydrogens is 602 g/mol. The highest BCUT2D eigenvalue weighted by atomic mass is 32.2. The molecule has 2 amide bonds. The number of nitrogens with zero attached hydrogens (tertiary/aromatic N) is 3. The highest BCUT2D eigenvalue weighted by Gasteiger charge is 2.32. The Morgan fingerprint density at radius 3 is 2.30 bits per heavy atom. The molecule has 0 saturated carbocycles. The van der Waals surface area contributed by atoms with Gasteiger partial charge < -0.3 is 34.5 Å². The fourth-order valence-electron chi connectivity index (χ4n) is 4.97. The molecule has 5 aromatic rings. The molecule has 3 unspecified atom stereocenters. The highest BCUT2D eigenvalue weighted by molar-refractivity contribution is 7.99. The molecule has 1 aliphatic heterocycles. The Bertz CT molecular complexity index is 1700. The number of aromatic nitrogens is 3. The summed E-state index contributed by atoms with van der Waals surface area (Å²) in [7, 11) is 1.92. The minimum atomic E-state index is -0.569.